The van der Waals surface area contributed by atoms with Crippen LogP contribution in [0.2, 0.25) is 0 Å². The Hall–Kier alpha value is -2.23. The lowest BCUT2D eigenvalue weighted by atomic mass is 9.90. The number of hydrogen-bond donors (Lipinski definition) is 1. The summed E-state index contributed by atoms with van der Waals surface area (Å²) >= 11 is 0. The predicted octanol–water partition coefficient (Wildman–Crippen LogP) is 2.94. The minimum Gasteiger partial charge on any atom is -0.507 e. The highest BCUT2D eigenvalue weighted by Crippen LogP contribution is 2.35. The normalized spacial score (nSPS) is 14.0. The van der Waals surface area contributed by atoms with Gasteiger partial charge >= 0.3 is 5.63 Å². The van der Waals surface area contributed by atoms with E-state index in [0.717, 1.165) is 31.2 Å². The van der Waals surface area contributed by atoms with Crippen LogP contribution in [0.5, 0.6) is 11.5 Å². The van der Waals surface area contributed by atoms with Crippen LogP contribution in [0.25, 0.3) is 11.0 Å². The fraction of sp³-hybridized carbons (Fsp3) is 0.312. The van der Waals surface area contributed by atoms with Gasteiger partial charge in [0.1, 0.15) is 23.7 Å². The molecule has 0 bridgehead atoms. The lowest BCUT2D eigenvalue weighted by Crippen LogP contribution is -2.15. The topological polar surface area (TPSA) is 59.7 Å². The summed E-state index contributed by atoms with van der Waals surface area (Å²) in [4.78, 5) is 12.0. The van der Waals surface area contributed by atoms with Gasteiger partial charge < -0.3 is 14.3 Å². The molecule has 0 unspecified atom stereocenters. The highest BCUT2D eigenvalue weighted by atomic mass is 16.5. The maximum atomic E-state index is 12.0. The van der Waals surface area contributed by atoms with E-state index in [1.54, 1.807) is 18.2 Å². The van der Waals surface area contributed by atoms with E-state index in [2.05, 4.69) is 6.58 Å². The fourth-order valence-corrected chi connectivity index (χ4v) is 2.77. The van der Waals surface area contributed by atoms with Gasteiger partial charge in [-0.05, 0) is 31.2 Å². The molecule has 4 heteroatoms. The zero-order valence-corrected chi connectivity index (χ0v) is 11.1. The van der Waals surface area contributed by atoms with E-state index < -0.39 is 0 Å². The van der Waals surface area contributed by atoms with Crippen molar-refractivity contribution < 1.29 is 14.3 Å². The average molecular weight is 272 g/mol. The smallest absolute Gasteiger partial charge is 0.339 e. The Morgan fingerprint density at radius 2 is 2.05 bits per heavy atom. The Labute approximate surface area is 116 Å². The van der Waals surface area contributed by atoms with Crippen molar-refractivity contribution in [2.45, 2.75) is 25.7 Å². The van der Waals surface area contributed by atoms with Crippen LogP contribution in [0.15, 0.2) is 34.0 Å². The summed E-state index contributed by atoms with van der Waals surface area (Å²) in [7, 11) is 0. The Balaban J connectivity index is 2.23. The number of aryl methyl sites for hydroxylation is 1. The first-order valence-electron chi connectivity index (χ1n) is 6.76. The molecule has 0 saturated heterocycles. The van der Waals surface area contributed by atoms with Crippen molar-refractivity contribution in [3.63, 3.8) is 0 Å². The lowest BCUT2D eigenvalue weighted by Gasteiger charge is -2.17. The van der Waals surface area contributed by atoms with Crippen molar-refractivity contribution in [3.8, 4) is 11.5 Å². The number of ether oxygens (including phenoxy) is 1. The van der Waals surface area contributed by atoms with Crippen LogP contribution < -0.4 is 10.4 Å². The monoisotopic (exact) mass is 272 g/mol. The van der Waals surface area contributed by atoms with Crippen molar-refractivity contribution in [1.29, 1.82) is 0 Å². The molecular formula is C16H16O4. The molecule has 104 valence electrons. The minimum absolute atomic E-state index is 0.100. The highest BCUT2D eigenvalue weighted by molar-refractivity contribution is 5.89. The summed E-state index contributed by atoms with van der Waals surface area (Å²) in [6, 6.07) is 3.20. The second kappa shape index (κ2) is 5.04. The number of fused-ring (bicyclic) bond motifs is 3. The quantitative estimate of drug-likeness (QED) is 0.689. The molecule has 1 aliphatic rings. The summed E-state index contributed by atoms with van der Waals surface area (Å²) in [6.45, 7) is 3.90. The lowest BCUT2D eigenvalue weighted by molar-refractivity contribution is 0.359. The molecule has 0 amide bonds. The Morgan fingerprint density at radius 3 is 2.80 bits per heavy atom. The Morgan fingerprint density at radius 1 is 1.30 bits per heavy atom. The number of hydrogen-bond acceptors (Lipinski definition) is 4. The molecule has 4 nitrogen and oxygen atoms in total. The number of phenols is 1. The summed E-state index contributed by atoms with van der Waals surface area (Å²) in [5.41, 5.74) is 1.72. The molecular weight excluding hydrogens is 256 g/mol. The van der Waals surface area contributed by atoms with E-state index in [4.69, 9.17) is 9.15 Å². The van der Waals surface area contributed by atoms with Crippen LogP contribution in [0.3, 0.4) is 0 Å². The molecule has 1 aromatic heterocycles. The van der Waals surface area contributed by atoms with Gasteiger partial charge in [-0.1, -0.05) is 12.7 Å². The van der Waals surface area contributed by atoms with Gasteiger partial charge in [0.25, 0.3) is 0 Å². The summed E-state index contributed by atoms with van der Waals surface area (Å²) < 4.78 is 10.7. The molecule has 0 spiro atoms. The highest BCUT2D eigenvalue weighted by Gasteiger charge is 2.20. The molecule has 0 saturated carbocycles. The average Bonchev–Trinajstić information content (AvgIpc) is 2.45. The van der Waals surface area contributed by atoms with Gasteiger partial charge in [-0.3, -0.25) is 0 Å². The zero-order chi connectivity index (χ0) is 14.1. The van der Waals surface area contributed by atoms with Crippen molar-refractivity contribution >= 4 is 11.0 Å². The summed E-state index contributed by atoms with van der Waals surface area (Å²) in [6.07, 6.45) is 5.16. The first-order valence-corrected chi connectivity index (χ1v) is 6.76. The molecule has 0 aliphatic heterocycles. The maximum Gasteiger partial charge on any atom is 0.339 e. The molecule has 2 aromatic rings. The number of aromatic hydroxyl groups is 1. The third kappa shape index (κ3) is 2.07. The van der Waals surface area contributed by atoms with Crippen molar-refractivity contribution in [2.24, 2.45) is 0 Å². The van der Waals surface area contributed by atoms with Crippen LogP contribution in [0, 0.1) is 0 Å². The molecule has 1 aromatic carbocycles. The standard InChI is InChI=1S/C16H16O4/c1-2-7-19-10-8-13(17)15-11-5-3-4-6-12(11)16(18)20-14(15)9-10/h2,8-9,17H,1,3-7H2. The van der Waals surface area contributed by atoms with Crippen molar-refractivity contribution in [1.82, 2.24) is 0 Å². The van der Waals surface area contributed by atoms with Gasteiger partial charge in [-0.2, -0.15) is 0 Å². The number of rotatable bonds is 3. The van der Waals surface area contributed by atoms with E-state index in [-0.39, 0.29) is 11.4 Å². The molecule has 0 atom stereocenters. The molecule has 0 fully saturated rings. The second-order valence-corrected chi connectivity index (χ2v) is 4.97. The SMILES string of the molecule is C=CCOc1cc(O)c2c3c(c(=O)oc2c1)CCCC3. The molecule has 1 aliphatic carbocycles. The van der Waals surface area contributed by atoms with Crippen LogP contribution in [-0.4, -0.2) is 11.7 Å². The third-order valence-electron chi connectivity index (χ3n) is 3.64. The van der Waals surface area contributed by atoms with Gasteiger partial charge in [0, 0.05) is 17.7 Å². The molecule has 1 N–H and O–H groups in total. The molecule has 3 rings (SSSR count). The van der Waals surface area contributed by atoms with Crippen molar-refractivity contribution in [3.05, 3.63) is 46.3 Å². The molecule has 1 heterocycles. The van der Waals surface area contributed by atoms with Crippen LogP contribution in [0.4, 0.5) is 0 Å². The molecule has 20 heavy (non-hydrogen) atoms. The first-order chi connectivity index (χ1) is 9.70. The maximum absolute atomic E-state index is 12.0. The Bertz CT molecular complexity index is 727. The van der Waals surface area contributed by atoms with E-state index in [9.17, 15) is 9.90 Å². The van der Waals surface area contributed by atoms with Crippen LogP contribution in [-0.2, 0) is 12.8 Å². The van der Waals surface area contributed by atoms with Gasteiger partial charge in [0.2, 0.25) is 0 Å². The van der Waals surface area contributed by atoms with Gasteiger partial charge in [0.15, 0.2) is 0 Å². The predicted molar refractivity (Wildman–Crippen MR) is 76.5 cm³/mol. The summed E-state index contributed by atoms with van der Waals surface area (Å²) in [5.74, 6) is 0.567. The number of phenolic OH excluding ortho intramolecular Hbond substituents is 1. The van der Waals surface area contributed by atoms with Gasteiger partial charge in [-0.15, -0.1) is 0 Å². The van der Waals surface area contributed by atoms with Gasteiger partial charge in [0.05, 0.1) is 5.39 Å². The third-order valence-corrected chi connectivity index (χ3v) is 3.64. The van der Waals surface area contributed by atoms with Crippen LogP contribution in [0.1, 0.15) is 24.0 Å². The van der Waals surface area contributed by atoms with E-state index in [0.29, 0.717) is 28.9 Å². The van der Waals surface area contributed by atoms with Gasteiger partial charge in [-0.25, -0.2) is 4.79 Å². The van der Waals surface area contributed by atoms with E-state index in [1.165, 1.54) is 0 Å². The fourth-order valence-electron chi connectivity index (χ4n) is 2.77. The largest absolute Gasteiger partial charge is 0.507 e. The van der Waals surface area contributed by atoms with E-state index >= 15 is 0 Å². The second-order valence-electron chi connectivity index (χ2n) is 4.97. The molecule has 0 radical (unpaired) electrons. The summed E-state index contributed by atoms with van der Waals surface area (Å²) in [5, 5.41) is 10.9. The zero-order valence-electron chi connectivity index (χ0n) is 11.1. The van der Waals surface area contributed by atoms with Crippen molar-refractivity contribution in [2.75, 3.05) is 6.61 Å². The Kier molecular flexibility index (Phi) is 3.22. The first kappa shape index (κ1) is 12.8. The minimum atomic E-state index is -0.299. The van der Waals surface area contributed by atoms with E-state index in [1.807, 2.05) is 0 Å². The van der Waals surface area contributed by atoms with Crippen LogP contribution >= 0.6 is 0 Å². The number of benzene rings is 1.